The van der Waals surface area contributed by atoms with Crippen LogP contribution in [0.4, 0.5) is 5.82 Å². The topological polar surface area (TPSA) is 45.1 Å². The van der Waals surface area contributed by atoms with E-state index in [1.165, 1.54) is 12.8 Å². The minimum absolute atomic E-state index is 0.248. The van der Waals surface area contributed by atoms with Crippen molar-refractivity contribution in [2.24, 2.45) is 5.92 Å². The van der Waals surface area contributed by atoms with Gasteiger partial charge < -0.3 is 10.4 Å². The molecular formula is C12H17ClN2O. The molecule has 2 rings (SSSR count). The van der Waals surface area contributed by atoms with E-state index in [0.717, 1.165) is 18.7 Å². The first-order valence-electron chi connectivity index (χ1n) is 5.79. The van der Waals surface area contributed by atoms with E-state index >= 15 is 0 Å². The van der Waals surface area contributed by atoms with Crippen LogP contribution in [0.15, 0.2) is 18.2 Å². The van der Waals surface area contributed by atoms with E-state index in [0.29, 0.717) is 17.1 Å². The first-order valence-corrected chi connectivity index (χ1v) is 6.17. The molecule has 0 saturated heterocycles. The number of anilines is 1. The van der Waals surface area contributed by atoms with Crippen LogP contribution in [-0.4, -0.2) is 22.7 Å². The van der Waals surface area contributed by atoms with Gasteiger partial charge in [-0.15, -0.1) is 0 Å². The quantitative estimate of drug-likeness (QED) is 0.799. The minimum atomic E-state index is 0.248. The van der Waals surface area contributed by atoms with Gasteiger partial charge in [0.15, 0.2) is 0 Å². The van der Waals surface area contributed by atoms with Gasteiger partial charge in [-0.05, 0) is 25.0 Å². The van der Waals surface area contributed by atoms with E-state index in [4.69, 9.17) is 11.6 Å². The molecule has 0 bridgehead atoms. The van der Waals surface area contributed by atoms with Crippen molar-refractivity contribution in [2.45, 2.75) is 31.7 Å². The van der Waals surface area contributed by atoms with Crippen LogP contribution in [0.5, 0.6) is 0 Å². The Morgan fingerprint density at radius 3 is 2.94 bits per heavy atom. The van der Waals surface area contributed by atoms with Gasteiger partial charge in [-0.1, -0.05) is 30.5 Å². The SMILES string of the molecule is OCC1CCCCC1Nc1cccc(Cl)n1. The maximum atomic E-state index is 9.31. The Morgan fingerprint density at radius 1 is 1.38 bits per heavy atom. The van der Waals surface area contributed by atoms with Crippen LogP contribution in [0, 0.1) is 5.92 Å². The van der Waals surface area contributed by atoms with Crippen molar-refractivity contribution in [3.05, 3.63) is 23.4 Å². The fourth-order valence-corrected chi connectivity index (χ4v) is 2.46. The van der Waals surface area contributed by atoms with E-state index < -0.39 is 0 Å². The van der Waals surface area contributed by atoms with E-state index in [9.17, 15) is 5.11 Å². The van der Waals surface area contributed by atoms with Gasteiger partial charge >= 0.3 is 0 Å². The number of pyridine rings is 1. The molecule has 0 amide bonds. The number of aliphatic hydroxyl groups excluding tert-OH is 1. The lowest BCUT2D eigenvalue weighted by atomic mass is 9.85. The number of nitrogens with zero attached hydrogens (tertiary/aromatic N) is 1. The van der Waals surface area contributed by atoms with Crippen molar-refractivity contribution in [3.63, 3.8) is 0 Å². The summed E-state index contributed by atoms with van der Waals surface area (Å²) in [6.45, 7) is 0.248. The molecule has 3 nitrogen and oxygen atoms in total. The molecule has 1 aromatic rings. The third-order valence-electron chi connectivity index (χ3n) is 3.19. The molecule has 88 valence electrons. The molecular weight excluding hydrogens is 224 g/mol. The van der Waals surface area contributed by atoms with Crippen molar-refractivity contribution < 1.29 is 5.11 Å². The van der Waals surface area contributed by atoms with Crippen LogP contribution in [0.2, 0.25) is 5.15 Å². The normalized spacial score (nSPS) is 25.4. The lowest BCUT2D eigenvalue weighted by Crippen LogP contribution is -2.34. The predicted molar refractivity (Wildman–Crippen MR) is 65.7 cm³/mol. The van der Waals surface area contributed by atoms with Crippen LogP contribution in [-0.2, 0) is 0 Å². The maximum Gasteiger partial charge on any atom is 0.131 e. The van der Waals surface area contributed by atoms with Crippen molar-refractivity contribution in [3.8, 4) is 0 Å². The number of aromatic nitrogens is 1. The van der Waals surface area contributed by atoms with Gasteiger partial charge in [0.25, 0.3) is 0 Å². The molecule has 1 heterocycles. The average molecular weight is 241 g/mol. The summed E-state index contributed by atoms with van der Waals surface area (Å²) in [5.74, 6) is 1.15. The Hall–Kier alpha value is -0.800. The Kier molecular flexibility index (Phi) is 4.02. The van der Waals surface area contributed by atoms with Gasteiger partial charge in [-0.25, -0.2) is 4.98 Å². The second kappa shape index (κ2) is 5.51. The fraction of sp³-hybridized carbons (Fsp3) is 0.583. The molecule has 1 aliphatic carbocycles. The van der Waals surface area contributed by atoms with E-state index in [1.54, 1.807) is 6.07 Å². The number of hydrogen-bond acceptors (Lipinski definition) is 3. The van der Waals surface area contributed by atoms with Gasteiger partial charge in [0.05, 0.1) is 0 Å². The number of aliphatic hydroxyl groups is 1. The summed E-state index contributed by atoms with van der Waals surface area (Å²) in [4.78, 5) is 4.21. The summed E-state index contributed by atoms with van der Waals surface area (Å²) in [5, 5.41) is 13.2. The van der Waals surface area contributed by atoms with Crippen molar-refractivity contribution in [1.29, 1.82) is 0 Å². The van der Waals surface area contributed by atoms with Crippen LogP contribution >= 0.6 is 11.6 Å². The molecule has 1 fully saturated rings. The summed E-state index contributed by atoms with van der Waals surface area (Å²) in [6.07, 6.45) is 4.62. The van der Waals surface area contributed by atoms with Gasteiger partial charge in [-0.2, -0.15) is 0 Å². The molecule has 16 heavy (non-hydrogen) atoms. The summed E-state index contributed by atoms with van der Waals surface area (Å²) >= 11 is 5.83. The molecule has 0 spiro atoms. The first kappa shape index (κ1) is 11.7. The van der Waals surface area contributed by atoms with Crippen molar-refractivity contribution in [1.82, 2.24) is 4.98 Å². The van der Waals surface area contributed by atoms with Gasteiger partial charge in [0.2, 0.25) is 0 Å². The Morgan fingerprint density at radius 2 is 2.19 bits per heavy atom. The molecule has 0 aromatic carbocycles. The Labute approximate surface area is 101 Å². The molecule has 0 aliphatic heterocycles. The lowest BCUT2D eigenvalue weighted by Gasteiger charge is -2.31. The zero-order valence-electron chi connectivity index (χ0n) is 9.19. The molecule has 1 saturated carbocycles. The third-order valence-corrected chi connectivity index (χ3v) is 3.40. The highest BCUT2D eigenvalue weighted by molar-refractivity contribution is 6.29. The Balaban J connectivity index is 2.02. The zero-order chi connectivity index (χ0) is 11.4. The minimum Gasteiger partial charge on any atom is -0.396 e. The number of nitrogens with one attached hydrogen (secondary N) is 1. The molecule has 4 heteroatoms. The molecule has 2 unspecified atom stereocenters. The largest absolute Gasteiger partial charge is 0.396 e. The highest BCUT2D eigenvalue weighted by Gasteiger charge is 2.24. The fourth-order valence-electron chi connectivity index (χ4n) is 2.29. The van der Waals surface area contributed by atoms with Crippen molar-refractivity contribution in [2.75, 3.05) is 11.9 Å². The highest BCUT2D eigenvalue weighted by atomic mass is 35.5. The zero-order valence-corrected chi connectivity index (χ0v) is 9.95. The van der Waals surface area contributed by atoms with Crippen LogP contribution in [0.25, 0.3) is 0 Å². The van der Waals surface area contributed by atoms with Crippen LogP contribution < -0.4 is 5.32 Å². The summed E-state index contributed by atoms with van der Waals surface area (Å²) in [6, 6.07) is 5.88. The van der Waals surface area contributed by atoms with Gasteiger partial charge in [-0.3, -0.25) is 0 Å². The van der Waals surface area contributed by atoms with Gasteiger partial charge in [0, 0.05) is 18.6 Å². The number of hydrogen-bond donors (Lipinski definition) is 2. The first-order chi connectivity index (χ1) is 7.79. The predicted octanol–water partition coefficient (Wildman–Crippen LogP) is 2.70. The summed E-state index contributed by atoms with van der Waals surface area (Å²) in [5.41, 5.74) is 0. The maximum absolute atomic E-state index is 9.31. The molecule has 1 aromatic heterocycles. The second-order valence-electron chi connectivity index (χ2n) is 4.32. The second-order valence-corrected chi connectivity index (χ2v) is 4.71. The molecule has 2 atom stereocenters. The number of halogens is 1. The summed E-state index contributed by atoms with van der Waals surface area (Å²) < 4.78 is 0. The van der Waals surface area contributed by atoms with Crippen LogP contribution in [0.3, 0.4) is 0 Å². The monoisotopic (exact) mass is 240 g/mol. The van der Waals surface area contributed by atoms with E-state index in [1.807, 2.05) is 12.1 Å². The Bertz CT molecular complexity index is 346. The standard InChI is InChI=1S/C12H17ClN2O/c13-11-6-3-7-12(15-11)14-10-5-2-1-4-9(10)8-16/h3,6-7,9-10,16H,1-2,4-5,8H2,(H,14,15). The van der Waals surface area contributed by atoms with Gasteiger partial charge in [0.1, 0.15) is 11.0 Å². The third kappa shape index (κ3) is 2.86. The average Bonchev–Trinajstić information content (AvgIpc) is 2.30. The number of rotatable bonds is 3. The van der Waals surface area contributed by atoms with Crippen LogP contribution in [0.1, 0.15) is 25.7 Å². The summed E-state index contributed by atoms with van der Waals surface area (Å²) in [7, 11) is 0. The highest BCUT2D eigenvalue weighted by Crippen LogP contribution is 2.26. The lowest BCUT2D eigenvalue weighted by molar-refractivity contribution is 0.178. The van der Waals surface area contributed by atoms with E-state index in [-0.39, 0.29) is 6.61 Å². The van der Waals surface area contributed by atoms with E-state index in [2.05, 4.69) is 10.3 Å². The molecule has 0 radical (unpaired) electrons. The molecule has 2 N–H and O–H groups in total. The smallest absolute Gasteiger partial charge is 0.131 e. The molecule has 1 aliphatic rings. The van der Waals surface area contributed by atoms with Crippen molar-refractivity contribution >= 4 is 17.4 Å².